The van der Waals surface area contributed by atoms with E-state index in [1.165, 1.54) is 4.90 Å². The SMILES string of the molecule is COc1ccc(C2OCC(C)(C(=O)OC3CCC(CC(C)C4CC(=O)C(C)C=C(C)C(O)C(CO)C(=O)C(C)CC(C)C=CC=CC=C(C)C(OC)CC5CCC(C)C(O)(O5)C(=O)C(=O)N5CCCCC5C(=O)O4)CC3OC)CO2)cc1C. The molecule has 4 fully saturated rings. The second-order valence-corrected chi connectivity index (χ2v) is 24.8. The van der Waals surface area contributed by atoms with Crippen molar-refractivity contribution in [2.45, 2.75) is 194 Å². The molecule has 1 saturated carbocycles. The maximum absolute atomic E-state index is 14.7. The summed E-state index contributed by atoms with van der Waals surface area (Å²) in [5.41, 5.74) is 1.83. The van der Waals surface area contributed by atoms with Gasteiger partial charge in [0.2, 0.25) is 5.79 Å². The minimum atomic E-state index is -2.47. The third-order valence-electron chi connectivity index (χ3n) is 18.1. The van der Waals surface area contributed by atoms with E-state index in [1.54, 1.807) is 62.0 Å². The monoisotopic (exact) mass is 1160 g/mol. The van der Waals surface area contributed by atoms with Crippen molar-refractivity contribution in [3.8, 4) is 5.75 Å². The number of carbonyl (C=O) groups is 6. The van der Waals surface area contributed by atoms with Gasteiger partial charge < -0.3 is 58.1 Å². The van der Waals surface area contributed by atoms with Crippen LogP contribution in [0.5, 0.6) is 5.75 Å². The lowest BCUT2D eigenvalue weighted by Gasteiger charge is -2.42. The quantitative estimate of drug-likeness (QED) is 0.113. The van der Waals surface area contributed by atoms with Gasteiger partial charge in [0.15, 0.2) is 6.29 Å². The van der Waals surface area contributed by atoms with Crippen LogP contribution in [0.4, 0.5) is 0 Å². The molecule has 3 saturated heterocycles. The van der Waals surface area contributed by atoms with Gasteiger partial charge in [-0.05, 0) is 138 Å². The minimum absolute atomic E-state index is 0.0219. The van der Waals surface area contributed by atoms with Crippen molar-refractivity contribution in [2.24, 2.45) is 46.8 Å². The van der Waals surface area contributed by atoms with E-state index < -0.39 is 120 Å². The van der Waals surface area contributed by atoms with Crippen LogP contribution in [0.2, 0.25) is 0 Å². The fraction of sp³-hybridized carbons (Fsp3) is 0.692. The summed E-state index contributed by atoms with van der Waals surface area (Å²) in [5, 5.41) is 34.1. The fourth-order valence-electron chi connectivity index (χ4n) is 12.6. The van der Waals surface area contributed by atoms with Crippen molar-refractivity contribution in [2.75, 3.05) is 47.7 Å². The van der Waals surface area contributed by atoms with Crippen molar-refractivity contribution in [3.63, 3.8) is 0 Å². The molecule has 0 aromatic heterocycles. The second-order valence-electron chi connectivity index (χ2n) is 24.8. The van der Waals surface area contributed by atoms with Crippen molar-refractivity contribution < 1.29 is 82.0 Å². The van der Waals surface area contributed by atoms with Gasteiger partial charge in [0, 0.05) is 56.9 Å². The number of piperidine rings is 1. The normalized spacial score (nSPS) is 35.8. The maximum Gasteiger partial charge on any atom is 0.329 e. The third-order valence-corrected chi connectivity index (χ3v) is 18.1. The number of hydrogen-bond donors (Lipinski definition) is 3. The molecule has 83 heavy (non-hydrogen) atoms. The number of aliphatic hydroxyl groups is 3. The number of nitrogens with zero attached hydrogens (tertiary/aromatic N) is 1. The number of carbonyl (C=O) groups excluding carboxylic acids is 6. The number of ether oxygens (including phenoxy) is 8. The number of ketones is 3. The molecule has 2 bridgehead atoms. The summed E-state index contributed by atoms with van der Waals surface area (Å²) >= 11 is 0. The number of allylic oxidation sites excluding steroid dienone is 6. The lowest BCUT2D eigenvalue weighted by Crippen LogP contribution is -2.61. The predicted molar refractivity (Wildman–Crippen MR) is 309 cm³/mol. The highest BCUT2D eigenvalue weighted by Crippen LogP contribution is 2.40. The van der Waals surface area contributed by atoms with Crippen molar-refractivity contribution in [1.29, 1.82) is 0 Å². The number of aliphatic hydroxyl groups excluding tert-OH is 2. The molecular weight excluding hydrogens is 1070 g/mol. The molecule has 5 aliphatic rings. The Kier molecular flexibility index (Phi) is 24.6. The van der Waals surface area contributed by atoms with Crippen LogP contribution in [0.1, 0.15) is 150 Å². The molecular formula is C65H95NO17. The Morgan fingerprint density at radius 1 is 0.855 bits per heavy atom. The number of Topliss-reactive ketones (excluding diaryl/α,β-unsaturated/α-hetero) is 3. The Morgan fingerprint density at radius 3 is 2.24 bits per heavy atom. The Bertz CT molecular complexity index is 2530. The van der Waals surface area contributed by atoms with Crippen LogP contribution in [0.15, 0.2) is 65.8 Å². The van der Waals surface area contributed by atoms with Gasteiger partial charge in [0.1, 0.15) is 41.0 Å². The summed E-state index contributed by atoms with van der Waals surface area (Å²) < 4.78 is 48.1. The average molecular weight is 1160 g/mol. The van der Waals surface area contributed by atoms with Crippen molar-refractivity contribution in [1.82, 2.24) is 4.90 Å². The van der Waals surface area contributed by atoms with Gasteiger partial charge in [0.05, 0.1) is 57.3 Å². The number of aryl methyl sites for hydroxylation is 1. The first-order valence-electron chi connectivity index (χ1n) is 30.0. The molecule has 0 radical (unpaired) electrons. The lowest BCUT2D eigenvalue weighted by atomic mass is 9.78. The molecule has 6 rings (SSSR count). The third kappa shape index (κ3) is 17.0. The molecule has 1 aromatic carbocycles. The van der Waals surface area contributed by atoms with Gasteiger partial charge in [-0.3, -0.25) is 24.0 Å². The minimum Gasteiger partial charge on any atom is -0.496 e. The topological polar surface area (TPSA) is 240 Å². The molecule has 15 atom stereocenters. The molecule has 18 heteroatoms. The molecule has 15 unspecified atom stereocenters. The van der Waals surface area contributed by atoms with Crippen LogP contribution in [0.3, 0.4) is 0 Å². The van der Waals surface area contributed by atoms with E-state index in [9.17, 15) is 44.1 Å². The van der Waals surface area contributed by atoms with Gasteiger partial charge in [-0.2, -0.15) is 0 Å². The standard InChI is InChI=1S/C65H95NO17/c1-38-18-14-13-15-19-39(2)54(77-11)33-48-24-21-45(8)65(75,83-48)59(71)60(72)66-27-17-16-20-50(66)61(73)81-55(34-51(68)40(3)29-44(7)58(70)49(35-67)57(69)43(6)28-38)41(4)30-46-22-25-53(56(32-46)78-12)82-63(74)64(9)36-79-62(80-37-64)47-23-26-52(76-10)42(5)31-47/h13-15,18-19,23,26,29,31,38,40-41,43,45-46,48-50,53-56,58,62,67,70,75H,16-17,20-22,24-25,27-28,30,32-37H2,1-12H3. The van der Waals surface area contributed by atoms with Crippen molar-refractivity contribution >= 4 is 35.2 Å². The van der Waals surface area contributed by atoms with E-state index >= 15 is 0 Å². The van der Waals surface area contributed by atoms with Crippen LogP contribution >= 0.6 is 0 Å². The molecule has 4 heterocycles. The molecule has 3 N–H and O–H groups in total. The zero-order valence-corrected chi connectivity index (χ0v) is 51.2. The molecule has 462 valence electrons. The zero-order chi connectivity index (χ0) is 60.9. The number of hydrogen-bond acceptors (Lipinski definition) is 17. The van der Waals surface area contributed by atoms with Gasteiger partial charge >= 0.3 is 11.9 Å². The van der Waals surface area contributed by atoms with E-state index in [2.05, 4.69) is 0 Å². The van der Waals surface area contributed by atoms with E-state index in [-0.39, 0.29) is 62.4 Å². The highest BCUT2D eigenvalue weighted by molar-refractivity contribution is 6.39. The Balaban J connectivity index is 1.22. The lowest BCUT2D eigenvalue weighted by molar-refractivity contribution is -0.265. The molecule has 1 aliphatic carbocycles. The molecule has 18 nitrogen and oxygen atoms in total. The number of benzene rings is 1. The zero-order valence-electron chi connectivity index (χ0n) is 51.2. The summed E-state index contributed by atoms with van der Waals surface area (Å²) in [6.07, 6.45) is 10.4. The second kappa shape index (κ2) is 30.4. The van der Waals surface area contributed by atoms with Gasteiger partial charge in [-0.1, -0.05) is 77.1 Å². The summed E-state index contributed by atoms with van der Waals surface area (Å²) in [7, 11) is 4.74. The first-order valence-corrected chi connectivity index (χ1v) is 30.0. The molecule has 1 aromatic rings. The van der Waals surface area contributed by atoms with Gasteiger partial charge in [0.25, 0.3) is 11.7 Å². The van der Waals surface area contributed by atoms with Crippen molar-refractivity contribution in [3.05, 3.63) is 76.9 Å². The average Bonchev–Trinajstić information content (AvgIpc) is 3.60. The predicted octanol–water partition coefficient (Wildman–Crippen LogP) is 8.39. The van der Waals surface area contributed by atoms with Gasteiger partial charge in [-0.15, -0.1) is 0 Å². The highest BCUT2D eigenvalue weighted by atomic mass is 16.7. The molecule has 1 amide bonds. The summed E-state index contributed by atoms with van der Waals surface area (Å²) in [5.74, 6) is -9.56. The van der Waals surface area contributed by atoms with Crippen LogP contribution < -0.4 is 4.74 Å². The number of cyclic esters (lactones) is 1. The molecule has 0 spiro atoms. The number of amides is 1. The number of esters is 2. The highest BCUT2D eigenvalue weighted by Gasteiger charge is 2.53. The Hall–Kier alpha value is -4.92. The van der Waals surface area contributed by atoms with Crippen LogP contribution in [-0.4, -0.2) is 152 Å². The van der Waals surface area contributed by atoms with Crippen LogP contribution in [0.25, 0.3) is 0 Å². The Labute approximate surface area is 491 Å². The number of rotatable bonds is 10. The maximum atomic E-state index is 14.7. The van der Waals surface area contributed by atoms with E-state index in [0.717, 1.165) is 22.4 Å². The number of methoxy groups -OCH3 is 3. The van der Waals surface area contributed by atoms with Crippen LogP contribution in [-0.2, 0) is 61.9 Å². The molecule has 4 aliphatic heterocycles. The number of fused-ring (bicyclic) bond motifs is 3. The van der Waals surface area contributed by atoms with E-state index in [0.29, 0.717) is 63.4 Å². The largest absolute Gasteiger partial charge is 0.496 e. The first kappa shape index (κ1) is 67.2. The van der Waals surface area contributed by atoms with Gasteiger partial charge in [-0.25, -0.2) is 4.79 Å². The summed E-state index contributed by atoms with van der Waals surface area (Å²) in [6, 6.07) is 4.44. The summed E-state index contributed by atoms with van der Waals surface area (Å²) in [4.78, 5) is 86.9. The first-order chi connectivity index (χ1) is 39.4. The fourth-order valence-corrected chi connectivity index (χ4v) is 12.6. The summed E-state index contributed by atoms with van der Waals surface area (Å²) in [6.45, 7) is 15.8. The van der Waals surface area contributed by atoms with Crippen LogP contribution in [0, 0.1) is 53.8 Å². The smallest absolute Gasteiger partial charge is 0.329 e. The van der Waals surface area contributed by atoms with E-state index in [1.807, 2.05) is 76.3 Å². The van der Waals surface area contributed by atoms with E-state index in [4.69, 9.17) is 37.9 Å². The Morgan fingerprint density at radius 2 is 1.58 bits per heavy atom.